The molecule has 0 radical (unpaired) electrons. The Labute approximate surface area is 83.4 Å². The van der Waals surface area contributed by atoms with Crippen LogP contribution in [0.3, 0.4) is 0 Å². The van der Waals surface area contributed by atoms with E-state index in [1.807, 2.05) is 0 Å². The number of nitrogens with one attached hydrogen (secondary N) is 1. The number of carbonyl (C=O) groups is 2. The Bertz CT molecular complexity index is 227. The van der Waals surface area contributed by atoms with Gasteiger partial charge < -0.3 is 5.11 Å². The molecule has 2 N–H and O–H groups in total. The molecule has 82 valence electrons. The molecule has 1 unspecified atom stereocenters. The summed E-state index contributed by atoms with van der Waals surface area (Å²) in [6.07, 6.45) is -0.0894. The molecule has 0 aliphatic rings. The SMILES string of the molecule is CONC(=O)CC(C)(C(=O)O)C(C)C. The topological polar surface area (TPSA) is 75.6 Å². The molecule has 5 nitrogen and oxygen atoms in total. The molecule has 1 amide bonds. The van der Waals surface area contributed by atoms with Gasteiger partial charge in [-0.05, 0) is 12.8 Å². The summed E-state index contributed by atoms with van der Waals surface area (Å²) >= 11 is 0. The Hall–Kier alpha value is -1.10. The van der Waals surface area contributed by atoms with Crippen LogP contribution >= 0.6 is 0 Å². The van der Waals surface area contributed by atoms with Crippen LogP contribution in [0, 0.1) is 11.3 Å². The third kappa shape index (κ3) is 2.99. The van der Waals surface area contributed by atoms with Crippen LogP contribution in [0.4, 0.5) is 0 Å². The first-order valence-corrected chi connectivity index (χ1v) is 4.39. The average molecular weight is 203 g/mol. The number of amides is 1. The number of carbonyl (C=O) groups excluding carboxylic acids is 1. The summed E-state index contributed by atoms with van der Waals surface area (Å²) in [5.41, 5.74) is 1.06. The molecule has 0 aromatic carbocycles. The van der Waals surface area contributed by atoms with Gasteiger partial charge in [0, 0.05) is 6.42 Å². The minimum absolute atomic E-state index is 0.0894. The third-order valence-corrected chi connectivity index (χ3v) is 2.51. The van der Waals surface area contributed by atoms with Gasteiger partial charge in [0.15, 0.2) is 0 Å². The lowest BCUT2D eigenvalue weighted by Crippen LogP contribution is -2.38. The minimum Gasteiger partial charge on any atom is -0.481 e. The number of carboxylic acid groups (broad SMARTS) is 1. The quantitative estimate of drug-likeness (QED) is 0.648. The summed E-state index contributed by atoms with van der Waals surface area (Å²) in [7, 11) is 1.31. The van der Waals surface area contributed by atoms with Crippen molar-refractivity contribution in [3.8, 4) is 0 Å². The molecule has 1 atom stereocenters. The first-order chi connectivity index (χ1) is 6.34. The van der Waals surface area contributed by atoms with Gasteiger partial charge in [0.2, 0.25) is 5.91 Å². The zero-order valence-corrected chi connectivity index (χ0v) is 8.96. The molecule has 0 heterocycles. The summed E-state index contributed by atoms with van der Waals surface area (Å²) in [6, 6.07) is 0. The Kier molecular flexibility index (Phi) is 4.56. The number of hydroxylamine groups is 1. The number of aliphatic carboxylic acids is 1. The fourth-order valence-electron chi connectivity index (χ4n) is 1.01. The Morgan fingerprint density at radius 1 is 1.50 bits per heavy atom. The van der Waals surface area contributed by atoms with E-state index >= 15 is 0 Å². The van der Waals surface area contributed by atoms with E-state index in [0.29, 0.717) is 0 Å². The normalized spacial score (nSPS) is 14.9. The standard InChI is InChI=1S/C9H17NO4/c1-6(2)9(3,8(12)13)5-7(11)10-14-4/h6H,5H2,1-4H3,(H,10,11)(H,12,13). The highest BCUT2D eigenvalue weighted by Crippen LogP contribution is 2.31. The molecular formula is C9H17NO4. The maximum atomic E-state index is 11.2. The van der Waals surface area contributed by atoms with E-state index in [9.17, 15) is 9.59 Å². The van der Waals surface area contributed by atoms with E-state index < -0.39 is 17.3 Å². The van der Waals surface area contributed by atoms with Crippen LogP contribution < -0.4 is 5.48 Å². The fourth-order valence-corrected chi connectivity index (χ4v) is 1.01. The first kappa shape index (κ1) is 12.9. The van der Waals surface area contributed by atoms with Gasteiger partial charge in [-0.15, -0.1) is 0 Å². The summed E-state index contributed by atoms with van der Waals surface area (Å²) in [5, 5.41) is 9.00. The van der Waals surface area contributed by atoms with Gasteiger partial charge in [-0.25, -0.2) is 5.48 Å². The van der Waals surface area contributed by atoms with Crippen molar-refractivity contribution in [2.75, 3.05) is 7.11 Å². The zero-order chi connectivity index (χ0) is 11.4. The molecule has 0 bridgehead atoms. The second-order valence-corrected chi connectivity index (χ2v) is 3.78. The maximum Gasteiger partial charge on any atom is 0.310 e. The number of hydrogen-bond donors (Lipinski definition) is 2. The molecule has 0 spiro atoms. The van der Waals surface area contributed by atoms with Gasteiger partial charge in [-0.1, -0.05) is 13.8 Å². The lowest BCUT2D eigenvalue weighted by molar-refractivity contribution is -0.155. The minimum atomic E-state index is -1.05. The second-order valence-electron chi connectivity index (χ2n) is 3.78. The van der Waals surface area contributed by atoms with E-state index in [4.69, 9.17) is 5.11 Å². The van der Waals surface area contributed by atoms with Crippen LogP contribution in [0.5, 0.6) is 0 Å². The molecular weight excluding hydrogens is 186 g/mol. The maximum absolute atomic E-state index is 11.2. The van der Waals surface area contributed by atoms with Gasteiger partial charge >= 0.3 is 5.97 Å². The van der Waals surface area contributed by atoms with Crippen LogP contribution in [-0.2, 0) is 14.4 Å². The van der Waals surface area contributed by atoms with E-state index in [1.54, 1.807) is 20.8 Å². The Morgan fingerprint density at radius 3 is 2.29 bits per heavy atom. The number of carboxylic acids is 1. The summed E-state index contributed by atoms with van der Waals surface area (Å²) < 4.78 is 0. The molecule has 14 heavy (non-hydrogen) atoms. The van der Waals surface area contributed by atoms with E-state index in [2.05, 4.69) is 10.3 Å². The largest absolute Gasteiger partial charge is 0.481 e. The highest BCUT2D eigenvalue weighted by Gasteiger charge is 2.38. The summed E-state index contributed by atoms with van der Waals surface area (Å²) in [6.45, 7) is 5.09. The molecule has 0 saturated carbocycles. The van der Waals surface area contributed by atoms with Gasteiger partial charge in [0.1, 0.15) is 0 Å². The van der Waals surface area contributed by atoms with Gasteiger partial charge in [0.05, 0.1) is 12.5 Å². The molecule has 0 aromatic rings. The monoisotopic (exact) mass is 203 g/mol. The van der Waals surface area contributed by atoms with Crippen molar-refractivity contribution in [1.82, 2.24) is 5.48 Å². The molecule has 0 rings (SSSR count). The first-order valence-electron chi connectivity index (χ1n) is 4.39. The van der Waals surface area contributed by atoms with Crippen molar-refractivity contribution in [2.45, 2.75) is 27.2 Å². The molecule has 0 aliphatic carbocycles. The van der Waals surface area contributed by atoms with Crippen molar-refractivity contribution >= 4 is 11.9 Å². The van der Waals surface area contributed by atoms with Gasteiger partial charge in [-0.3, -0.25) is 14.4 Å². The highest BCUT2D eigenvalue weighted by atomic mass is 16.6. The van der Waals surface area contributed by atoms with Crippen LogP contribution in [0.15, 0.2) is 0 Å². The lowest BCUT2D eigenvalue weighted by Gasteiger charge is -2.27. The molecule has 0 aliphatic heterocycles. The molecule has 0 fully saturated rings. The van der Waals surface area contributed by atoms with Gasteiger partial charge in [-0.2, -0.15) is 0 Å². The predicted molar refractivity (Wildman–Crippen MR) is 50.3 cm³/mol. The predicted octanol–water partition coefficient (Wildman–Crippen LogP) is 0.801. The van der Waals surface area contributed by atoms with Gasteiger partial charge in [0.25, 0.3) is 0 Å². The highest BCUT2D eigenvalue weighted by molar-refractivity contribution is 5.84. The van der Waals surface area contributed by atoms with Crippen molar-refractivity contribution in [2.24, 2.45) is 11.3 Å². The third-order valence-electron chi connectivity index (χ3n) is 2.51. The average Bonchev–Trinajstić information content (AvgIpc) is 2.03. The fraction of sp³-hybridized carbons (Fsp3) is 0.778. The van der Waals surface area contributed by atoms with E-state index in [1.165, 1.54) is 7.11 Å². The lowest BCUT2D eigenvalue weighted by atomic mass is 9.76. The van der Waals surface area contributed by atoms with Crippen LogP contribution in [-0.4, -0.2) is 24.1 Å². The van der Waals surface area contributed by atoms with E-state index in [-0.39, 0.29) is 12.3 Å². The summed E-state index contributed by atoms with van der Waals surface area (Å²) in [5.74, 6) is -1.52. The van der Waals surface area contributed by atoms with Crippen LogP contribution in [0.25, 0.3) is 0 Å². The summed E-state index contributed by atoms with van der Waals surface area (Å²) in [4.78, 5) is 26.6. The van der Waals surface area contributed by atoms with Crippen molar-refractivity contribution in [1.29, 1.82) is 0 Å². The Balaban J connectivity index is 4.54. The van der Waals surface area contributed by atoms with Crippen molar-refractivity contribution in [3.05, 3.63) is 0 Å². The van der Waals surface area contributed by atoms with Crippen LogP contribution in [0.1, 0.15) is 27.2 Å². The van der Waals surface area contributed by atoms with Crippen LogP contribution in [0.2, 0.25) is 0 Å². The Morgan fingerprint density at radius 2 is 2.00 bits per heavy atom. The number of rotatable bonds is 5. The number of hydrogen-bond acceptors (Lipinski definition) is 3. The molecule has 0 saturated heterocycles. The second kappa shape index (κ2) is 4.95. The van der Waals surface area contributed by atoms with Crippen molar-refractivity contribution in [3.63, 3.8) is 0 Å². The molecule has 0 aromatic heterocycles. The van der Waals surface area contributed by atoms with E-state index in [0.717, 1.165) is 0 Å². The van der Waals surface area contributed by atoms with Crippen molar-refractivity contribution < 1.29 is 19.5 Å². The smallest absolute Gasteiger partial charge is 0.310 e. The molecule has 5 heteroatoms. The zero-order valence-electron chi connectivity index (χ0n) is 8.96.